The van der Waals surface area contributed by atoms with Gasteiger partial charge in [0.15, 0.2) is 11.5 Å². The summed E-state index contributed by atoms with van der Waals surface area (Å²) in [5, 5.41) is 16.1. The Morgan fingerprint density at radius 3 is 2.57 bits per heavy atom. The predicted octanol–water partition coefficient (Wildman–Crippen LogP) is 4.42. The van der Waals surface area contributed by atoms with Gasteiger partial charge in [0, 0.05) is 29.4 Å². The van der Waals surface area contributed by atoms with Gasteiger partial charge in [-0.15, -0.1) is 10.2 Å². The molecule has 0 saturated heterocycles. The third-order valence-electron chi connectivity index (χ3n) is 5.11. The van der Waals surface area contributed by atoms with Crippen LogP contribution in [0.3, 0.4) is 0 Å². The van der Waals surface area contributed by atoms with Crippen molar-refractivity contribution in [3.05, 3.63) is 81.6 Å². The monoisotopic (exact) mass is 463 g/mol. The van der Waals surface area contributed by atoms with Gasteiger partial charge in [0.1, 0.15) is 0 Å². The Labute approximate surface area is 183 Å². The number of carbonyl (C=O) groups is 1. The Morgan fingerprint density at radius 1 is 1.00 bits per heavy atom. The molecule has 0 radical (unpaired) electrons. The largest absolute Gasteiger partial charge is 0.352 e. The molecule has 0 aliphatic rings. The van der Waals surface area contributed by atoms with Crippen LogP contribution >= 0.6 is 15.9 Å². The van der Waals surface area contributed by atoms with E-state index in [9.17, 15) is 4.79 Å². The van der Waals surface area contributed by atoms with Crippen LogP contribution in [0.1, 0.15) is 28.9 Å². The molecule has 0 saturated carbocycles. The first-order valence-corrected chi connectivity index (χ1v) is 10.6. The first-order valence-electron chi connectivity index (χ1n) is 9.80. The highest BCUT2D eigenvalue weighted by atomic mass is 79.9. The molecule has 30 heavy (non-hydrogen) atoms. The maximum Gasteiger partial charge on any atom is 0.220 e. The second-order valence-corrected chi connectivity index (χ2v) is 8.22. The van der Waals surface area contributed by atoms with Gasteiger partial charge in [-0.3, -0.25) is 4.79 Å². The normalized spacial score (nSPS) is 11.0. The minimum absolute atomic E-state index is 0.0278. The number of aryl methyl sites for hydroxylation is 3. The molecule has 1 amide bonds. The van der Waals surface area contributed by atoms with Gasteiger partial charge in [0.25, 0.3) is 0 Å². The second-order valence-electron chi connectivity index (χ2n) is 7.31. The van der Waals surface area contributed by atoms with Crippen molar-refractivity contribution in [2.45, 2.75) is 33.2 Å². The van der Waals surface area contributed by atoms with Crippen molar-refractivity contribution in [3.63, 3.8) is 0 Å². The smallest absolute Gasteiger partial charge is 0.220 e. The molecular formula is C23H22BrN5O. The Hall–Kier alpha value is -3.06. The Morgan fingerprint density at radius 2 is 1.80 bits per heavy atom. The molecule has 152 valence electrons. The fraction of sp³-hybridized carbons (Fsp3) is 0.217. The number of rotatable bonds is 6. The molecule has 0 aliphatic carbocycles. The first-order chi connectivity index (χ1) is 14.5. The summed E-state index contributed by atoms with van der Waals surface area (Å²) >= 11 is 3.41. The summed E-state index contributed by atoms with van der Waals surface area (Å²) in [4.78, 5) is 12.3. The van der Waals surface area contributed by atoms with E-state index in [0.29, 0.717) is 30.9 Å². The number of nitrogens with one attached hydrogen (secondary N) is 1. The lowest BCUT2D eigenvalue weighted by atomic mass is 10.0. The summed E-state index contributed by atoms with van der Waals surface area (Å²) in [6.07, 6.45) is 0.795. The van der Waals surface area contributed by atoms with Gasteiger partial charge < -0.3 is 5.32 Å². The number of carbonyl (C=O) groups excluding carboxylic acids is 1. The standard InChI is InChI=1S/C23H22BrN5O/c1-15-3-6-18(13-16(15)2)20-9-10-21-26-27-22(29(21)28-20)11-12-23(30)25-14-17-4-7-19(24)8-5-17/h3-10,13H,11-12,14H2,1-2H3,(H,25,30). The van der Waals surface area contributed by atoms with Crippen LogP contribution in [-0.2, 0) is 17.8 Å². The average molecular weight is 464 g/mol. The molecule has 0 fully saturated rings. The van der Waals surface area contributed by atoms with E-state index in [1.165, 1.54) is 11.1 Å². The number of aromatic nitrogens is 4. The summed E-state index contributed by atoms with van der Waals surface area (Å²) in [6.45, 7) is 4.69. The summed E-state index contributed by atoms with van der Waals surface area (Å²) in [5.41, 5.74) is 6.10. The van der Waals surface area contributed by atoms with E-state index in [4.69, 9.17) is 5.10 Å². The zero-order valence-electron chi connectivity index (χ0n) is 16.9. The van der Waals surface area contributed by atoms with Crippen molar-refractivity contribution >= 4 is 27.5 Å². The van der Waals surface area contributed by atoms with Crippen molar-refractivity contribution in [2.24, 2.45) is 0 Å². The molecule has 2 aromatic carbocycles. The molecular weight excluding hydrogens is 442 g/mol. The lowest BCUT2D eigenvalue weighted by molar-refractivity contribution is -0.121. The maximum absolute atomic E-state index is 12.3. The summed E-state index contributed by atoms with van der Waals surface area (Å²) in [7, 11) is 0. The molecule has 0 spiro atoms. The number of amides is 1. The lowest BCUT2D eigenvalue weighted by Gasteiger charge is -2.07. The molecule has 2 aromatic heterocycles. The lowest BCUT2D eigenvalue weighted by Crippen LogP contribution is -2.23. The zero-order chi connectivity index (χ0) is 21.1. The van der Waals surface area contributed by atoms with Crippen molar-refractivity contribution in [1.29, 1.82) is 0 Å². The number of hydrogen-bond donors (Lipinski definition) is 1. The summed E-state index contributed by atoms with van der Waals surface area (Å²) in [5.74, 6) is 0.648. The van der Waals surface area contributed by atoms with Gasteiger partial charge in [0.2, 0.25) is 5.91 Å². The third kappa shape index (κ3) is 4.57. The van der Waals surface area contributed by atoms with E-state index in [2.05, 4.69) is 63.5 Å². The van der Waals surface area contributed by atoms with Gasteiger partial charge in [-0.05, 0) is 60.9 Å². The van der Waals surface area contributed by atoms with Crippen LogP contribution in [0.5, 0.6) is 0 Å². The van der Waals surface area contributed by atoms with Crippen molar-refractivity contribution in [3.8, 4) is 11.3 Å². The Balaban J connectivity index is 1.44. The predicted molar refractivity (Wildman–Crippen MR) is 120 cm³/mol. The molecule has 0 bridgehead atoms. The fourth-order valence-electron chi connectivity index (χ4n) is 3.16. The topological polar surface area (TPSA) is 72.2 Å². The van der Waals surface area contributed by atoms with Crippen molar-refractivity contribution < 1.29 is 4.79 Å². The van der Waals surface area contributed by atoms with E-state index in [0.717, 1.165) is 21.3 Å². The average Bonchev–Trinajstić information content (AvgIpc) is 3.16. The van der Waals surface area contributed by atoms with Gasteiger partial charge in [-0.1, -0.05) is 40.2 Å². The molecule has 0 unspecified atom stereocenters. The minimum Gasteiger partial charge on any atom is -0.352 e. The number of halogens is 1. The van der Waals surface area contributed by atoms with Crippen molar-refractivity contribution in [1.82, 2.24) is 25.1 Å². The highest BCUT2D eigenvalue weighted by Gasteiger charge is 2.11. The number of nitrogens with zero attached hydrogens (tertiary/aromatic N) is 4. The van der Waals surface area contributed by atoms with E-state index >= 15 is 0 Å². The van der Waals surface area contributed by atoms with Crippen LogP contribution in [0, 0.1) is 13.8 Å². The van der Waals surface area contributed by atoms with Crippen LogP contribution < -0.4 is 5.32 Å². The van der Waals surface area contributed by atoms with Gasteiger partial charge in [-0.2, -0.15) is 9.61 Å². The van der Waals surface area contributed by atoms with E-state index in [1.807, 2.05) is 36.4 Å². The molecule has 0 aliphatic heterocycles. The van der Waals surface area contributed by atoms with Gasteiger partial charge >= 0.3 is 0 Å². The molecule has 7 heteroatoms. The van der Waals surface area contributed by atoms with Crippen LogP contribution in [0.4, 0.5) is 0 Å². The molecule has 4 rings (SSSR count). The highest BCUT2D eigenvalue weighted by molar-refractivity contribution is 9.10. The molecule has 1 N–H and O–H groups in total. The van der Waals surface area contributed by atoms with Crippen LogP contribution in [-0.4, -0.2) is 25.7 Å². The van der Waals surface area contributed by atoms with Crippen LogP contribution in [0.2, 0.25) is 0 Å². The Kier molecular flexibility index (Phi) is 5.90. The van der Waals surface area contributed by atoms with Gasteiger partial charge in [-0.25, -0.2) is 0 Å². The minimum atomic E-state index is -0.0278. The van der Waals surface area contributed by atoms with Crippen LogP contribution in [0.25, 0.3) is 16.9 Å². The molecule has 6 nitrogen and oxygen atoms in total. The molecule has 2 heterocycles. The number of fused-ring (bicyclic) bond motifs is 1. The fourth-order valence-corrected chi connectivity index (χ4v) is 3.42. The van der Waals surface area contributed by atoms with Gasteiger partial charge in [0.05, 0.1) is 5.69 Å². The third-order valence-corrected chi connectivity index (χ3v) is 5.64. The van der Waals surface area contributed by atoms with Crippen LogP contribution in [0.15, 0.2) is 59.1 Å². The van der Waals surface area contributed by atoms with E-state index in [-0.39, 0.29) is 5.91 Å². The van der Waals surface area contributed by atoms with E-state index in [1.54, 1.807) is 4.52 Å². The molecule has 4 aromatic rings. The second kappa shape index (κ2) is 8.75. The number of benzene rings is 2. The number of hydrogen-bond acceptors (Lipinski definition) is 4. The molecule has 0 atom stereocenters. The van der Waals surface area contributed by atoms with E-state index < -0.39 is 0 Å². The SMILES string of the molecule is Cc1ccc(-c2ccc3nnc(CCC(=O)NCc4ccc(Br)cc4)n3n2)cc1C. The zero-order valence-corrected chi connectivity index (χ0v) is 18.5. The summed E-state index contributed by atoms with van der Waals surface area (Å²) in [6, 6.07) is 18.0. The Bertz CT molecular complexity index is 1200. The van der Waals surface area contributed by atoms with Crippen molar-refractivity contribution in [2.75, 3.05) is 0 Å². The summed E-state index contributed by atoms with van der Waals surface area (Å²) < 4.78 is 2.75. The quantitative estimate of drug-likeness (QED) is 0.459. The first kappa shape index (κ1) is 20.2. The highest BCUT2D eigenvalue weighted by Crippen LogP contribution is 2.21. The maximum atomic E-state index is 12.3.